The Hall–Kier alpha value is -3.43. The zero-order valence-electron chi connectivity index (χ0n) is 16.5. The molecule has 0 bridgehead atoms. The first-order valence-electron chi connectivity index (χ1n) is 9.57. The molecule has 1 aromatic heterocycles. The van der Waals surface area contributed by atoms with Gasteiger partial charge < -0.3 is 4.74 Å². The third kappa shape index (κ3) is 4.12. The van der Waals surface area contributed by atoms with E-state index in [2.05, 4.69) is 5.10 Å². The van der Waals surface area contributed by atoms with E-state index >= 15 is 0 Å². The molecule has 1 fully saturated rings. The minimum absolute atomic E-state index is 0.192. The van der Waals surface area contributed by atoms with E-state index in [1.54, 1.807) is 35.1 Å². The summed E-state index contributed by atoms with van der Waals surface area (Å²) >= 11 is 0. The maximum Gasteiger partial charge on any atom is 0.352 e. The number of hydrogen-bond donors (Lipinski definition) is 2. The number of aromatic nitrogens is 2. The van der Waals surface area contributed by atoms with Gasteiger partial charge in [0.25, 0.3) is 0 Å². The van der Waals surface area contributed by atoms with Gasteiger partial charge >= 0.3 is 6.03 Å². The molecule has 0 saturated heterocycles. The molecule has 0 radical (unpaired) electrons. The number of benzene rings is 2. The fourth-order valence-corrected chi connectivity index (χ4v) is 3.29. The molecule has 0 unspecified atom stereocenters. The van der Waals surface area contributed by atoms with Gasteiger partial charge in [-0.3, -0.25) is 5.01 Å². The van der Waals surface area contributed by atoms with Gasteiger partial charge in [0.1, 0.15) is 12.4 Å². The highest BCUT2D eigenvalue weighted by atomic mass is 19.1. The van der Waals surface area contributed by atoms with Crippen LogP contribution in [-0.4, -0.2) is 27.9 Å². The predicted molar refractivity (Wildman–Crippen MR) is 110 cm³/mol. The summed E-state index contributed by atoms with van der Waals surface area (Å²) in [5, 5.41) is 6.34. The van der Waals surface area contributed by atoms with Crippen LogP contribution >= 0.6 is 0 Å². The van der Waals surface area contributed by atoms with Crippen LogP contribution in [0.25, 0.3) is 5.69 Å². The van der Waals surface area contributed by atoms with Crippen molar-refractivity contribution < 1.29 is 13.9 Å². The fourth-order valence-electron chi connectivity index (χ4n) is 3.29. The maximum atomic E-state index is 13.1. The first-order chi connectivity index (χ1) is 14.4. The van der Waals surface area contributed by atoms with Crippen LogP contribution in [0.3, 0.4) is 0 Å². The second-order valence-electron chi connectivity index (χ2n) is 7.25. The molecule has 1 aliphatic carbocycles. The van der Waals surface area contributed by atoms with E-state index < -0.39 is 6.03 Å². The van der Waals surface area contributed by atoms with Crippen molar-refractivity contribution in [2.75, 3.05) is 12.1 Å². The largest absolute Gasteiger partial charge is 0.472 e. The topological polar surface area (TPSA) is 103 Å². The molecule has 4 rings (SSSR count). The number of ether oxygens (including phenoxy) is 1. The highest BCUT2D eigenvalue weighted by Crippen LogP contribution is 2.43. The van der Waals surface area contributed by atoms with Gasteiger partial charge in [-0.15, -0.1) is 5.10 Å². The molecule has 9 heteroatoms. The highest BCUT2D eigenvalue weighted by Gasteiger charge is 2.29. The normalized spacial score (nSPS) is 13.2. The third-order valence-electron chi connectivity index (χ3n) is 4.99. The number of halogens is 1. The molecule has 2 aromatic carbocycles. The summed E-state index contributed by atoms with van der Waals surface area (Å²) in [5.41, 5.74) is 3.19. The Labute approximate surface area is 173 Å². The Morgan fingerprint density at radius 3 is 2.60 bits per heavy atom. The van der Waals surface area contributed by atoms with Gasteiger partial charge in [-0.2, -0.15) is 0 Å². The monoisotopic (exact) mass is 410 g/mol. The van der Waals surface area contributed by atoms with Gasteiger partial charge in [-0.25, -0.2) is 30.6 Å². The number of hydrazine groups is 2. The van der Waals surface area contributed by atoms with Gasteiger partial charge in [0.2, 0.25) is 5.88 Å². The lowest BCUT2D eigenvalue weighted by atomic mass is 10.0. The SMILES string of the molecule is CN(N)C(=O)N(N)c1cccc(C2CC2)c1COc1ccn(-c2ccc(F)cc2)n1. The maximum absolute atomic E-state index is 13.1. The Morgan fingerprint density at radius 2 is 1.93 bits per heavy atom. The van der Waals surface area contributed by atoms with Crippen LogP contribution in [0.5, 0.6) is 5.88 Å². The zero-order chi connectivity index (χ0) is 21.3. The molecule has 4 N–H and O–H groups in total. The second-order valence-corrected chi connectivity index (χ2v) is 7.25. The fraction of sp³-hybridized carbons (Fsp3) is 0.238. The lowest BCUT2D eigenvalue weighted by Crippen LogP contribution is -2.49. The minimum Gasteiger partial charge on any atom is -0.472 e. The van der Waals surface area contributed by atoms with Crippen LogP contribution in [0.2, 0.25) is 0 Å². The number of carbonyl (C=O) groups is 1. The molecule has 30 heavy (non-hydrogen) atoms. The third-order valence-corrected chi connectivity index (χ3v) is 4.99. The molecule has 156 valence electrons. The summed E-state index contributed by atoms with van der Waals surface area (Å²) in [6.07, 6.45) is 3.91. The van der Waals surface area contributed by atoms with Crippen molar-refractivity contribution in [2.45, 2.75) is 25.4 Å². The summed E-state index contributed by atoms with van der Waals surface area (Å²) in [7, 11) is 1.44. The molecule has 8 nitrogen and oxygen atoms in total. The zero-order valence-corrected chi connectivity index (χ0v) is 16.5. The first-order valence-corrected chi connectivity index (χ1v) is 9.57. The standard InChI is InChI=1S/C21H23FN6O2/c1-26(23)21(29)28(24)19-4-2-3-17(14-5-6-14)18(19)13-30-20-11-12-27(25-20)16-9-7-15(22)8-10-16/h2-4,7-12,14H,5-6,13,23-24H2,1H3. The summed E-state index contributed by atoms with van der Waals surface area (Å²) in [5.74, 6) is 12.1. The molecule has 0 aliphatic heterocycles. The van der Waals surface area contributed by atoms with Crippen molar-refractivity contribution in [1.29, 1.82) is 0 Å². The number of anilines is 1. The lowest BCUT2D eigenvalue weighted by Gasteiger charge is -2.24. The predicted octanol–water partition coefficient (Wildman–Crippen LogP) is 3.07. The van der Waals surface area contributed by atoms with Gasteiger partial charge in [-0.05, 0) is 54.7 Å². The molecule has 3 aromatic rings. The van der Waals surface area contributed by atoms with Crippen LogP contribution < -0.4 is 21.4 Å². The van der Waals surface area contributed by atoms with E-state index in [0.29, 0.717) is 17.5 Å². The minimum atomic E-state index is -0.537. The van der Waals surface area contributed by atoms with E-state index in [-0.39, 0.29) is 12.4 Å². The number of carbonyl (C=O) groups excluding carboxylic acids is 1. The average molecular weight is 410 g/mol. The lowest BCUT2D eigenvalue weighted by molar-refractivity contribution is 0.216. The molecule has 0 spiro atoms. The second kappa shape index (κ2) is 8.13. The number of nitrogens with two attached hydrogens (primary N) is 2. The van der Waals surface area contributed by atoms with Gasteiger partial charge in [0, 0.05) is 24.9 Å². The smallest absolute Gasteiger partial charge is 0.352 e. The van der Waals surface area contributed by atoms with E-state index in [1.165, 1.54) is 19.2 Å². The van der Waals surface area contributed by atoms with Crippen LogP contribution in [-0.2, 0) is 6.61 Å². The molecule has 2 amide bonds. The number of urea groups is 1. The van der Waals surface area contributed by atoms with Crippen molar-refractivity contribution >= 4 is 11.7 Å². The van der Waals surface area contributed by atoms with Crippen LogP contribution in [0, 0.1) is 5.82 Å². The van der Waals surface area contributed by atoms with E-state index in [0.717, 1.165) is 39.7 Å². The van der Waals surface area contributed by atoms with Crippen molar-refractivity contribution in [3.63, 3.8) is 0 Å². The van der Waals surface area contributed by atoms with Gasteiger partial charge in [0.05, 0.1) is 11.4 Å². The molecule has 1 saturated carbocycles. The van der Waals surface area contributed by atoms with E-state index in [4.69, 9.17) is 16.4 Å². The Morgan fingerprint density at radius 1 is 1.20 bits per heavy atom. The number of nitrogens with zero attached hydrogens (tertiary/aromatic N) is 4. The average Bonchev–Trinajstić information content (AvgIpc) is 3.49. The Bertz CT molecular complexity index is 1050. The van der Waals surface area contributed by atoms with Crippen molar-refractivity contribution in [3.05, 3.63) is 71.7 Å². The van der Waals surface area contributed by atoms with Gasteiger partial charge in [-0.1, -0.05) is 12.1 Å². The molecular formula is C21H23FN6O2. The summed E-state index contributed by atoms with van der Waals surface area (Å²) < 4.78 is 20.7. The summed E-state index contributed by atoms with van der Waals surface area (Å²) in [6.45, 7) is 0.192. The number of rotatable bonds is 6. The van der Waals surface area contributed by atoms with Crippen molar-refractivity contribution in [3.8, 4) is 11.6 Å². The summed E-state index contributed by atoms with van der Waals surface area (Å²) in [4.78, 5) is 12.3. The highest BCUT2D eigenvalue weighted by molar-refractivity contribution is 5.91. The van der Waals surface area contributed by atoms with Crippen molar-refractivity contribution in [1.82, 2.24) is 14.8 Å². The van der Waals surface area contributed by atoms with E-state index in [1.807, 2.05) is 12.1 Å². The van der Waals surface area contributed by atoms with Crippen LogP contribution in [0.1, 0.15) is 29.9 Å². The van der Waals surface area contributed by atoms with Crippen LogP contribution in [0.15, 0.2) is 54.7 Å². The van der Waals surface area contributed by atoms with E-state index in [9.17, 15) is 9.18 Å². The molecular weight excluding hydrogens is 387 g/mol. The van der Waals surface area contributed by atoms with Crippen LogP contribution in [0.4, 0.5) is 14.9 Å². The van der Waals surface area contributed by atoms with Gasteiger partial charge in [0.15, 0.2) is 0 Å². The molecule has 0 atom stereocenters. The van der Waals surface area contributed by atoms with Crippen molar-refractivity contribution in [2.24, 2.45) is 11.7 Å². The first kappa shape index (κ1) is 19.9. The number of amides is 2. The Balaban J connectivity index is 1.57. The molecule has 1 aliphatic rings. The summed E-state index contributed by atoms with van der Waals surface area (Å²) in [6, 6.07) is 12.9. The quantitative estimate of drug-likeness (QED) is 0.369. The molecule has 1 heterocycles. The number of hydrogen-bond acceptors (Lipinski definition) is 5. The Kier molecular flexibility index (Phi) is 5.39.